The van der Waals surface area contributed by atoms with Gasteiger partial charge in [-0.1, -0.05) is 97.9 Å². The Hall–Kier alpha value is -2.79. The summed E-state index contributed by atoms with van der Waals surface area (Å²) in [7, 11) is 0. The average Bonchev–Trinajstić information content (AvgIpc) is 2.83. The number of carbonyl (C=O) groups excluding carboxylic acids is 1. The first kappa shape index (κ1) is 22.4. The van der Waals surface area contributed by atoms with Gasteiger partial charge in [-0.2, -0.15) is 0 Å². The molecule has 32 heavy (non-hydrogen) atoms. The molecule has 0 heterocycles. The largest absolute Gasteiger partial charge is 0.370 e. The van der Waals surface area contributed by atoms with Crippen molar-refractivity contribution in [1.82, 2.24) is 0 Å². The topological polar surface area (TPSA) is 44.8 Å². The Morgan fingerprint density at radius 2 is 1.03 bits per heavy atom. The van der Waals surface area contributed by atoms with Gasteiger partial charge < -0.3 is 14.2 Å². The van der Waals surface area contributed by atoms with Crippen molar-refractivity contribution in [3.8, 4) is 0 Å². The molecule has 0 radical (unpaired) electrons. The predicted octanol–water partition coefficient (Wildman–Crippen LogP) is 5.35. The lowest BCUT2D eigenvalue weighted by Crippen LogP contribution is -2.54. The van der Waals surface area contributed by atoms with Crippen LogP contribution in [-0.2, 0) is 38.8 Å². The molecule has 0 bridgehead atoms. The quantitative estimate of drug-likeness (QED) is 0.459. The monoisotopic (exact) mass is 430 g/mol. The Kier molecular flexibility index (Phi) is 7.83. The van der Waals surface area contributed by atoms with E-state index >= 15 is 0 Å². The van der Waals surface area contributed by atoms with Crippen LogP contribution < -0.4 is 0 Å². The predicted molar refractivity (Wildman–Crippen MR) is 124 cm³/mol. The molecule has 1 saturated carbocycles. The summed E-state index contributed by atoms with van der Waals surface area (Å²) in [5, 5.41) is 0. The zero-order chi connectivity index (χ0) is 22.2. The molecule has 3 unspecified atom stereocenters. The fourth-order valence-corrected chi connectivity index (χ4v) is 4.15. The number of ketones is 1. The number of benzene rings is 3. The van der Waals surface area contributed by atoms with E-state index in [0.29, 0.717) is 26.2 Å². The minimum atomic E-state index is -0.657. The number of ether oxygens (including phenoxy) is 3. The van der Waals surface area contributed by atoms with E-state index in [1.54, 1.807) is 0 Å². The van der Waals surface area contributed by atoms with E-state index in [2.05, 4.69) is 6.92 Å². The molecule has 4 heteroatoms. The van der Waals surface area contributed by atoms with Crippen molar-refractivity contribution < 1.29 is 19.0 Å². The van der Waals surface area contributed by atoms with Crippen LogP contribution in [0.5, 0.6) is 0 Å². The highest BCUT2D eigenvalue weighted by molar-refractivity contribution is 5.85. The molecule has 1 aliphatic rings. The first-order valence-corrected chi connectivity index (χ1v) is 11.2. The first-order valence-electron chi connectivity index (χ1n) is 11.2. The summed E-state index contributed by atoms with van der Waals surface area (Å²) in [6.45, 7) is 3.30. The van der Waals surface area contributed by atoms with Crippen molar-refractivity contribution in [2.24, 2.45) is 5.92 Å². The number of hydrogen-bond donors (Lipinski definition) is 0. The SMILES string of the molecule is CC1CC(=O)C(OCc2ccccc2)C(OCc2ccccc2)[C@@H]1OCc1ccccc1. The average molecular weight is 431 g/mol. The molecule has 166 valence electrons. The van der Waals surface area contributed by atoms with Gasteiger partial charge in [0.25, 0.3) is 0 Å². The lowest BCUT2D eigenvalue weighted by molar-refractivity contribution is -0.189. The van der Waals surface area contributed by atoms with Crippen LogP contribution in [0.4, 0.5) is 0 Å². The zero-order valence-corrected chi connectivity index (χ0v) is 18.4. The van der Waals surface area contributed by atoms with Gasteiger partial charge in [-0.05, 0) is 22.6 Å². The molecular formula is C28H30O4. The first-order chi connectivity index (χ1) is 15.7. The van der Waals surface area contributed by atoms with Crippen LogP contribution in [0.1, 0.15) is 30.0 Å². The Labute approximate surface area is 190 Å². The molecule has 4 atom stereocenters. The van der Waals surface area contributed by atoms with E-state index in [1.165, 1.54) is 0 Å². The van der Waals surface area contributed by atoms with Crippen molar-refractivity contribution in [1.29, 1.82) is 0 Å². The smallest absolute Gasteiger partial charge is 0.164 e. The molecule has 3 aromatic rings. The number of Topliss-reactive ketones (excluding diaryl/α,β-unsaturated/α-hetero) is 1. The summed E-state index contributed by atoms with van der Waals surface area (Å²) in [6, 6.07) is 30.0. The van der Waals surface area contributed by atoms with Gasteiger partial charge in [-0.3, -0.25) is 4.79 Å². The van der Waals surface area contributed by atoms with Crippen LogP contribution in [0.2, 0.25) is 0 Å². The molecular weight excluding hydrogens is 400 g/mol. The van der Waals surface area contributed by atoms with Gasteiger partial charge >= 0.3 is 0 Å². The van der Waals surface area contributed by atoms with Crippen molar-refractivity contribution >= 4 is 5.78 Å². The van der Waals surface area contributed by atoms with Gasteiger partial charge in [0, 0.05) is 6.42 Å². The third kappa shape index (κ3) is 5.92. The highest BCUT2D eigenvalue weighted by Crippen LogP contribution is 2.31. The van der Waals surface area contributed by atoms with E-state index in [0.717, 1.165) is 16.7 Å². The fraction of sp³-hybridized carbons (Fsp3) is 0.321. The molecule has 4 nitrogen and oxygen atoms in total. The van der Waals surface area contributed by atoms with E-state index in [4.69, 9.17) is 14.2 Å². The molecule has 4 rings (SSSR count). The molecule has 0 aromatic heterocycles. The second-order valence-corrected chi connectivity index (χ2v) is 8.39. The molecule has 1 fully saturated rings. The second-order valence-electron chi connectivity index (χ2n) is 8.39. The van der Waals surface area contributed by atoms with Crippen molar-refractivity contribution in [3.63, 3.8) is 0 Å². The molecule has 0 N–H and O–H groups in total. The second kappa shape index (κ2) is 11.2. The zero-order valence-electron chi connectivity index (χ0n) is 18.4. The van der Waals surface area contributed by atoms with Crippen LogP contribution in [0.3, 0.4) is 0 Å². The van der Waals surface area contributed by atoms with Gasteiger partial charge in [0.2, 0.25) is 0 Å². The van der Waals surface area contributed by atoms with E-state index in [9.17, 15) is 4.79 Å². The normalized spacial score (nSPS) is 23.2. The fourth-order valence-electron chi connectivity index (χ4n) is 4.15. The van der Waals surface area contributed by atoms with Crippen LogP contribution >= 0.6 is 0 Å². The standard InChI is InChI=1S/C28H30O4/c1-21-17-25(29)27(31-19-23-13-7-3-8-14-23)28(32-20-24-15-9-4-10-16-24)26(21)30-18-22-11-5-2-6-12-22/h2-16,21,26-28H,17-20H2,1H3/t21?,26-,27?,28?/m1/s1. The number of hydrogen-bond acceptors (Lipinski definition) is 4. The molecule has 0 aliphatic heterocycles. The Morgan fingerprint density at radius 1 is 0.625 bits per heavy atom. The molecule has 0 amide bonds. The summed E-state index contributed by atoms with van der Waals surface area (Å²) >= 11 is 0. The summed E-state index contributed by atoms with van der Waals surface area (Å²) in [6.07, 6.45) is -0.948. The highest BCUT2D eigenvalue weighted by Gasteiger charge is 2.45. The Bertz CT molecular complexity index is 958. The third-order valence-corrected chi connectivity index (χ3v) is 5.87. The van der Waals surface area contributed by atoms with Gasteiger partial charge in [0.15, 0.2) is 5.78 Å². The van der Waals surface area contributed by atoms with Crippen LogP contribution in [-0.4, -0.2) is 24.1 Å². The van der Waals surface area contributed by atoms with Crippen LogP contribution in [0.15, 0.2) is 91.0 Å². The Balaban J connectivity index is 1.51. The van der Waals surface area contributed by atoms with Crippen molar-refractivity contribution in [3.05, 3.63) is 108 Å². The number of carbonyl (C=O) groups is 1. The molecule has 3 aromatic carbocycles. The summed E-state index contributed by atoms with van der Waals surface area (Å²) in [5.41, 5.74) is 3.18. The maximum absolute atomic E-state index is 13.0. The lowest BCUT2D eigenvalue weighted by Gasteiger charge is -2.40. The van der Waals surface area contributed by atoms with E-state index in [1.807, 2.05) is 91.0 Å². The van der Waals surface area contributed by atoms with Gasteiger partial charge in [-0.15, -0.1) is 0 Å². The van der Waals surface area contributed by atoms with E-state index < -0.39 is 12.2 Å². The van der Waals surface area contributed by atoms with Crippen LogP contribution in [0.25, 0.3) is 0 Å². The summed E-state index contributed by atoms with van der Waals surface area (Å²) in [4.78, 5) is 13.0. The Morgan fingerprint density at radius 3 is 1.50 bits per heavy atom. The van der Waals surface area contributed by atoms with Gasteiger partial charge in [-0.25, -0.2) is 0 Å². The number of rotatable bonds is 9. The lowest BCUT2D eigenvalue weighted by atomic mass is 9.82. The van der Waals surface area contributed by atoms with Crippen molar-refractivity contribution in [2.75, 3.05) is 0 Å². The molecule has 1 aliphatic carbocycles. The maximum atomic E-state index is 13.0. The van der Waals surface area contributed by atoms with Crippen LogP contribution in [0, 0.1) is 5.92 Å². The molecule has 0 saturated heterocycles. The maximum Gasteiger partial charge on any atom is 0.164 e. The van der Waals surface area contributed by atoms with Gasteiger partial charge in [0.05, 0.1) is 25.9 Å². The minimum Gasteiger partial charge on any atom is -0.370 e. The van der Waals surface area contributed by atoms with E-state index in [-0.39, 0.29) is 17.8 Å². The third-order valence-electron chi connectivity index (χ3n) is 5.87. The summed E-state index contributed by atoms with van der Waals surface area (Å²) < 4.78 is 18.9. The highest BCUT2D eigenvalue weighted by atomic mass is 16.6. The van der Waals surface area contributed by atoms with Crippen molar-refractivity contribution in [2.45, 2.75) is 51.5 Å². The van der Waals surface area contributed by atoms with Gasteiger partial charge in [0.1, 0.15) is 12.2 Å². The summed E-state index contributed by atoms with van der Waals surface area (Å²) in [5.74, 6) is 0.120. The molecule has 0 spiro atoms. The minimum absolute atomic E-state index is 0.0450.